The SMILES string of the molecule is NNC1=NC2=CC=NC2=C1. The van der Waals surface area contributed by atoms with Gasteiger partial charge < -0.3 is 5.43 Å². The van der Waals surface area contributed by atoms with E-state index >= 15 is 0 Å². The number of allylic oxidation sites excluding steroid dienone is 1. The zero-order chi connectivity index (χ0) is 6.97. The van der Waals surface area contributed by atoms with Crippen molar-refractivity contribution in [2.24, 2.45) is 15.8 Å². The molecule has 2 rings (SSSR count). The summed E-state index contributed by atoms with van der Waals surface area (Å²) in [6, 6.07) is 0. The van der Waals surface area contributed by atoms with Gasteiger partial charge in [0.15, 0.2) is 0 Å². The molecule has 2 aliphatic heterocycles. The van der Waals surface area contributed by atoms with E-state index in [9.17, 15) is 0 Å². The minimum absolute atomic E-state index is 0.665. The quantitative estimate of drug-likeness (QED) is 0.353. The predicted molar refractivity (Wildman–Crippen MR) is 39.4 cm³/mol. The van der Waals surface area contributed by atoms with Gasteiger partial charge in [-0.05, 0) is 6.08 Å². The number of aliphatic imine (C=N–C) groups is 2. The summed E-state index contributed by atoms with van der Waals surface area (Å²) in [7, 11) is 0. The molecule has 2 heterocycles. The number of nitrogens with two attached hydrogens (primary N) is 1. The van der Waals surface area contributed by atoms with Crippen LogP contribution < -0.4 is 11.3 Å². The van der Waals surface area contributed by atoms with Crippen molar-refractivity contribution in [1.29, 1.82) is 0 Å². The highest BCUT2D eigenvalue weighted by molar-refractivity contribution is 6.00. The molecule has 0 atom stereocenters. The minimum Gasteiger partial charge on any atom is -0.308 e. The van der Waals surface area contributed by atoms with Crippen LogP contribution in [-0.4, -0.2) is 12.1 Å². The van der Waals surface area contributed by atoms with Gasteiger partial charge in [0.05, 0.1) is 11.4 Å². The number of fused-ring (bicyclic) bond motifs is 1. The molecule has 4 heteroatoms. The molecule has 2 aliphatic rings. The van der Waals surface area contributed by atoms with Gasteiger partial charge in [0.1, 0.15) is 5.84 Å². The predicted octanol–water partition coefficient (Wildman–Crippen LogP) is -0.286. The number of nitrogens with zero attached hydrogens (tertiary/aromatic N) is 2. The summed E-state index contributed by atoms with van der Waals surface area (Å²) in [5, 5.41) is 0. The smallest absolute Gasteiger partial charge is 0.142 e. The van der Waals surface area contributed by atoms with Crippen molar-refractivity contribution in [2.75, 3.05) is 0 Å². The number of hydrogen-bond donors (Lipinski definition) is 2. The monoisotopic (exact) mass is 134 g/mol. The van der Waals surface area contributed by atoms with Crippen LogP contribution in [0.15, 0.2) is 33.5 Å². The van der Waals surface area contributed by atoms with Gasteiger partial charge in [-0.2, -0.15) is 0 Å². The first-order valence-electron chi connectivity index (χ1n) is 2.92. The van der Waals surface area contributed by atoms with E-state index in [1.54, 1.807) is 12.3 Å². The van der Waals surface area contributed by atoms with Gasteiger partial charge in [-0.3, -0.25) is 4.99 Å². The second-order valence-electron chi connectivity index (χ2n) is 2.00. The first kappa shape index (κ1) is 5.37. The Kier molecular flexibility index (Phi) is 0.956. The van der Waals surface area contributed by atoms with Crippen LogP contribution in [0.3, 0.4) is 0 Å². The van der Waals surface area contributed by atoms with Crippen molar-refractivity contribution >= 4 is 12.1 Å². The van der Waals surface area contributed by atoms with Crippen molar-refractivity contribution in [1.82, 2.24) is 5.43 Å². The second-order valence-corrected chi connectivity index (χ2v) is 2.00. The molecular formula is C6H6N4. The van der Waals surface area contributed by atoms with Gasteiger partial charge in [-0.1, -0.05) is 0 Å². The zero-order valence-electron chi connectivity index (χ0n) is 5.20. The Bertz CT molecular complexity index is 282. The first-order valence-corrected chi connectivity index (χ1v) is 2.92. The summed E-state index contributed by atoms with van der Waals surface area (Å²) < 4.78 is 0. The van der Waals surface area contributed by atoms with Crippen molar-refractivity contribution in [3.8, 4) is 0 Å². The van der Waals surface area contributed by atoms with Crippen LogP contribution in [0.25, 0.3) is 0 Å². The average molecular weight is 134 g/mol. The van der Waals surface area contributed by atoms with Crippen molar-refractivity contribution in [2.45, 2.75) is 0 Å². The van der Waals surface area contributed by atoms with E-state index in [-0.39, 0.29) is 0 Å². The summed E-state index contributed by atoms with van der Waals surface area (Å²) in [5.41, 5.74) is 4.22. The van der Waals surface area contributed by atoms with E-state index in [4.69, 9.17) is 5.84 Å². The molecule has 0 fully saturated rings. The number of nitrogens with one attached hydrogen (secondary N) is 1. The lowest BCUT2D eigenvalue weighted by atomic mass is 10.4. The molecule has 0 aromatic heterocycles. The van der Waals surface area contributed by atoms with E-state index in [0.717, 1.165) is 11.4 Å². The molecule has 50 valence electrons. The lowest BCUT2D eigenvalue weighted by molar-refractivity contribution is 1.03. The molecule has 0 amide bonds. The van der Waals surface area contributed by atoms with Gasteiger partial charge in [0.25, 0.3) is 0 Å². The van der Waals surface area contributed by atoms with Gasteiger partial charge in [0.2, 0.25) is 0 Å². The van der Waals surface area contributed by atoms with Gasteiger partial charge in [-0.15, -0.1) is 0 Å². The molecular weight excluding hydrogens is 128 g/mol. The number of hydrogen-bond acceptors (Lipinski definition) is 4. The van der Waals surface area contributed by atoms with Crippen LogP contribution >= 0.6 is 0 Å². The Morgan fingerprint density at radius 2 is 2.30 bits per heavy atom. The molecule has 0 saturated heterocycles. The van der Waals surface area contributed by atoms with Crippen LogP contribution in [-0.2, 0) is 0 Å². The highest BCUT2D eigenvalue weighted by Crippen LogP contribution is 2.21. The maximum Gasteiger partial charge on any atom is 0.142 e. The van der Waals surface area contributed by atoms with Crippen LogP contribution in [0.2, 0.25) is 0 Å². The summed E-state index contributed by atoms with van der Waals surface area (Å²) in [4.78, 5) is 8.12. The lowest BCUT2D eigenvalue weighted by Gasteiger charge is -1.89. The number of hydrazine groups is 1. The Morgan fingerprint density at radius 1 is 1.40 bits per heavy atom. The molecule has 0 saturated carbocycles. The van der Waals surface area contributed by atoms with Crippen LogP contribution in [0.1, 0.15) is 0 Å². The molecule has 10 heavy (non-hydrogen) atoms. The third-order valence-corrected chi connectivity index (χ3v) is 1.37. The van der Waals surface area contributed by atoms with Gasteiger partial charge in [-0.25, -0.2) is 10.8 Å². The van der Waals surface area contributed by atoms with Crippen LogP contribution in [0, 0.1) is 0 Å². The van der Waals surface area contributed by atoms with Crippen LogP contribution in [0.4, 0.5) is 0 Å². The number of rotatable bonds is 0. The van der Waals surface area contributed by atoms with E-state index in [1.807, 2.05) is 6.08 Å². The second kappa shape index (κ2) is 1.78. The van der Waals surface area contributed by atoms with Crippen molar-refractivity contribution < 1.29 is 0 Å². The third-order valence-electron chi connectivity index (χ3n) is 1.37. The standard InChI is InChI=1S/C6H6N4/c7-10-6-3-5-4(9-6)1-2-8-5/h1-3H,7H2,(H,9,10). The largest absolute Gasteiger partial charge is 0.308 e. The fourth-order valence-corrected chi connectivity index (χ4v) is 0.911. The Hall–Kier alpha value is -1.42. The molecule has 0 radical (unpaired) electrons. The maximum atomic E-state index is 5.13. The Labute approximate surface area is 57.8 Å². The summed E-state index contributed by atoms with van der Waals surface area (Å²) >= 11 is 0. The topological polar surface area (TPSA) is 62.8 Å². The molecule has 0 aliphatic carbocycles. The Morgan fingerprint density at radius 3 is 3.00 bits per heavy atom. The summed E-state index contributed by atoms with van der Waals surface area (Å²) in [6.45, 7) is 0. The van der Waals surface area contributed by atoms with Gasteiger partial charge >= 0.3 is 0 Å². The Balaban J connectivity index is 2.38. The van der Waals surface area contributed by atoms with E-state index in [0.29, 0.717) is 5.84 Å². The molecule has 0 aromatic rings. The first-order chi connectivity index (χ1) is 4.90. The third kappa shape index (κ3) is 0.593. The van der Waals surface area contributed by atoms with Gasteiger partial charge in [0, 0.05) is 12.3 Å². The van der Waals surface area contributed by atoms with Crippen molar-refractivity contribution in [3.05, 3.63) is 23.5 Å². The molecule has 0 spiro atoms. The highest BCUT2D eigenvalue weighted by atomic mass is 15.3. The normalized spacial score (nSPS) is 19.9. The summed E-state index contributed by atoms with van der Waals surface area (Å²) in [5.74, 6) is 5.80. The molecule has 0 unspecified atom stereocenters. The zero-order valence-corrected chi connectivity index (χ0v) is 5.20. The van der Waals surface area contributed by atoms with E-state index < -0.39 is 0 Å². The van der Waals surface area contributed by atoms with E-state index in [1.165, 1.54) is 0 Å². The van der Waals surface area contributed by atoms with Crippen LogP contribution in [0.5, 0.6) is 0 Å². The molecule has 3 N–H and O–H groups in total. The molecule has 4 nitrogen and oxygen atoms in total. The lowest BCUT2D eigenvalue weighted by Crippen LogP contribution is -2.27. The molecule has 0 bridgehead atoms. The fourth-order valence-electron chi connectivity index (χ4n) is 0.911. The average Bonchev–Trinajstić information content (AvgIpc) is 2.42. The molecule has 0 aromatic carbocycles. The summed E-state index contributed by atoms with van der Waals surface area (Å²) in [6.07, 6.45) is 5.36. The fraction of sp³-hybridized carbons (Fsp3) is 0. The highest BCUT2D eigenvalue weighted by Gasteiger charge is 2.14. The minimum atomic E-state index is 0.665. The maximum absolute atomic E-state index is 5.13. The van der Waals surface area contributed by atoms with E-state index in [2.05, 4.69) is 15.4 Å². The number of amidine groups is 1. The van der Waals surface area contributed by atoms with Crippen molar-refractivity contribution in [3.63, 3.8) is 0 Å².